The summed E-state index contributed by atoms with van der Waals surface area (Å²) in [7, 11) is 3.07. The van der Waals surface area contributed by atoms with Gasteiger partial charge in [0.05, 0.1) is 120 Å². The van der Waals surface area contributed by atoms with Crippen molar-refractivity contribution in [2.24, 2.45) is 35.3 Å². The number of allylic oxidation sites excluding steroid dienone is 6. The Morgan fingerprint density at radius 1 is 0.723 bits per heavy atom. The van der Waals surface area contributed by atoms with Crippen LogP contribution in [0, 0.1) is 29.6 Å². The van der Waals surface area contributed by atoms with Gasteiger partial charge in [-0.25, -0.2) is 44.2 Å². The molecule has 37 heteroatoms. The number of amides is 4. The Morgan fingerprint density at radius 3 is 2.17 bits per heavy atom. The van der Waals surface area contributed by atoms with Crippen LogP contribution in [0.15, 0.2) is 103 Å². The van der Waals surface area contributed by atoms with E-state index in [9.17, 15) is 53.7 Å². The van der Waals surface area contributed by atoms with Crippen molar-refractivity contribution in [1.82, 2.24) is 64.7 Å². The molecule has 12 rings (SSSR count). The fourth-order valence-corrected chi connectivity index (χ4v) is 17.7. The average molecular weight is 1810 g/mol. The summed E-state index contributed by atoms with van der Waals surface area (Å²) in [5, 5.41) is 43.1. The Bertz CT molecular complexity index is 4960. The van der Waals surface area contributed by atoms with Crippen LogP contribution in [0.2, 0.25) is 0 Å². The van der Waals surface area contributed by atoms with Crippen LogP contribution in [0.5, 0.6) is 0 Å². The standard InChI is InChI=1S/C93H128N16O21/c1-57-14-10-9-11-15-58(2)75(121-7)48-69-21-17-62(6)93(120,130-69)84(115)89(117)108-26-13-12-16-72(108)90(118)128-76(49-73(110)59(3)43-61(5)82(113)83(114)81(112)60(4)42-57)70(94)45-63-19-22-74(77(46-63)122-8)129-92(119)106-30-28-105(29-31-106)91-98-51-68(52-99-91)88(116)96-25-33-124-35-37-126-39-41-127-40-38-125-36-34-123-32-24-78(111)107-27-23-65-44-64(18-20-66(65)54-107)53-109-87-79(85(95)101-56-103-87)80(104-109)67-47-71-86(97-50-67)102-55-100-71/h9-11,14-15,18,20,43-44,47,50-52,55-57,59-60,62-63,69-70,72,74-77,82-83,113-114,120H,12-13,16-17,19,21-42,45-46,48-49,53-54,94H2,1-8H3,(H,96,116)(H2,95,101,103)(H,97,100,102)/b11-9?,14-10+,58-15?,61-43+/t57-,59-,60-,62-,63+,69+,70-,72+,74-,75+,76+,77-,82-,83+,93-/m1/s1. The normalized spacial score (nSPS) is 26.7. The van der Waals surface area contributed by atoms with Gasteiger partial charge < -0.3 is 104 Å². The van der Waals surface area contributed by atoms with Gasteiger partial charge >= 0.3 is 12.1 Å². The molecule has 15 atom stereocenters. The molecular formula is C93H128N16O21. The van der Waals surface area contributed by atoms with Crippen LogP contribution in [0.1, 0.15) is 152 Å². The minimum absolute atomic E-state index is 0.00919. The van der Waals surface area contributed by atoms with Crippen LogP contribution in [0.4, 0.5) is 16.6 Å². The van der Waals surface area contributed by atoms with Gasteiger partial charge in [-0.15, -0.1) is 0 Å². The number of ketones is 3. The number of pyridine rings is 1. The van der Waals surface area contributed by atoms with Crippen molar-refractivity contribution in [2.45, 2.75) is 205 Å². The Kier molecular flexibility index (Phi) is 36.2. The minimum atomic E-state index is -2.52. The molecule has 0 unspecified atom stereocenters. The predicted molar refractivity (Wildman–Crippen MR) is 478 cm³/mol. The Hall–Kier alpha value is -10.3. The lowest BCUT2D eigenvalue weighted by atomic mass is 9.80. The smallest absolute Gasteiger partial charge is 0.410 e. The molecule has 6 aromatic rings. The van der Waals surface area contributed by atoms with Gasteiger partial charge in [0.1, 0.15) is 54.1 Å². The number of esters is 1. The van der Waals surface area contributed by atoms with Crippen molar-refractivity contribution >= 4 is 81.1 Å². The van der Waals surface area contributed by atoms with Crippen molar-refractivity contribution in [2.75, 3.05) is 137 Å². The van der Waals surface area contributed by atoms with Gasteiger partial charge in [-0.3, -0.25) is 28.8 Å². The molecule has 130 heavy (non-hydrogen) atoms. The van der Waals surface area contributed by atoms with Gasteiger partial charge in [0.2, 0.25) is 17.6 Å². The SMILES string of the molecule is CO[C@H]1C[C@@H]2CC[C@@H](C)[C@@](O)(O2)C(=O)C(=O)N2CCCC[C@H]2C(=O)O[C@H]([C@H](N)C[C@@H]2CC[C@@H](OC(=O)N3CCN(c4ncc(C(=O)NCCOCCOCCOCCOCCOCCC(=O)N5CCc6cc(Cn7nc(-c8cnc9nc[nH]c9c8)c8c(N)ncnc87)ccc6C5)cn4)CC3)[C@H](OC)C2)CC(=O)[C@H](C)/C=C(\C)[C@@H](O)[C@@H](O)C(=O)[C@H](C)C[C@H](C)/C=C/C=CC=C1C. The third kappa shape index (κ3) is 26.1. The second-order valence-corrected chi connectivity index (χ2v) is 34.9. The first-order chi connectivity index (χ1) is 62.7. The van der Waals surface area contributed by atoms with Gasteiger partial charge in [-0.05, 0) is 130 Å². The number of aliphatic hydroxyl groups excluding tert-OH is 2. The van der Waals surface area contributed by atoms with E-state index in [1.807, 2.05) is 64.8 Å². The molecule has 1 saturated carbocycles. The first-order valence-electron chi connectivity index (χ1n) is 45.4. The highest BCUT2D eigenvalue weighted by atomic mass is 16.6. The molecule has 1 aliphatic carbocycles. The third-order valence-corrected chi connectivity index (χ3v) is 25.5. The summed E-state index contributed by atoms with van der Waals surface area (Å²) in [6, 6.07) is 5.96. The van der Waals surface area contributed by atoms with E-state index in [0.717, 1.165) is 39.1 Å². The lowest BCUT2D eigenvalue weighted by molar-refractivity contribution is -0.265. The lowest BCUT2D eigenvalue weighted by Crippen LogP contribution is -2.61. The molecule has 2 bridgehead atoms. The maximum atomic E-state index is 14.7. The number of carbonyl (C=O) groups excluding carboxylic acids is 8. The molecule has 0 spiro atoms. The van der Waals surface area contributed by atoms with Crippen LogP contribution in [0.3, 0.4) is 0 Å². The number of nitrogens with two attached hydrogens (primary N) is 2. The Morgan fingerprint density at radius 2 is 1.45 bits per heavy atom. The van der Waals surface area contributed by atoms with E-state index in [1.165, 1.54) is 44.4 Å². The minimum Gasteiger partial charge on any atom is -0.459 e. The number of ether oxygens (including phenoxy) is 10. The maximum absolute atomic E-state index is 14.7. The Balaban J connectivity index is 0.517. The number of nitrogens with one attached hydrogen (secondary N) is 2. The zero-order chi connectivity index (χ0) is 92.5. The van der Waals surface area contributed by atoms with Crippen LogP contribution in [0.25, 0.3) is 33.5 Å². The van der Waals surface area contributed by atoms with E-state index in [1.54, 1.807) is 45.3 Å². The summed E-state index contributed by atoms with van der Waals surface area (Å²) in [6.45, 7) is 16.8. The quantitative estimate of drug-likeness (QED) is 0.0114. The number of hydrogen-bond acceptors (Lipinski definition) is 31. The van der Waals surface area contributed by atoms with Crippen LogP contribution >= 0.6 is 0 Å². The number of piperazine rings is 1. The van der Waals surface area contributed by atoms with E-state index >= 15 is 0 Å². The number of benzene rings is 1. The maximum Gasteiger partial charge on any atom is 0.410 e. The summed E-state index contributed by atoms with van der Waals surface area (Å²) in [4.78, 5) is 148. The van der Waals surface area contributed by atoms with Crippen LogP contribution < -0.4 is 21.7 Å². The zero-order valence-electron chi connectivity index (χ0n) is 75.8. The highest BCUT2D eigenvalue weighted by Gasteiger charge is 2.53. The van der Waals surface area contributed by atoms with Gasteiger partial charge in [0, 0.05) is 127 Å². The predicted octanol–water partition coefficient (Wildman–Crippen LogP) is 6.47. The number of nitrogens with zero attached hydrogens (tertiary/aromatic N) is 12. The fourth-order valence-electron chi connectivity index (χ4n) is 17.7. The number of rotatable bonds is 29. The topological polar surface area (TPSA) is 478 Å². The molecule has 706 valence electrons. The van der Waals surface area contributed by atoms with Gasteiger partial charge in [0.25, 0.3) is 17.6 Å². The first-order valence-corrected chi connectivity index (χ1v) is 45.4. The first kappa shape index (κ1) is 98.7. The molecule has 5 aliphatic heterocycles. The van der Waals surface area contributed by atoms with Gasteiger partial charge in [-0.2, -0.15) is 5.10 Å². The van der Waals surface area contributed by atoms with Crippen molar-refractivity contribution in [3.63, 3.8) is 0 Å². The lowest BCUT2D eigenvalue weighted by Gasteiger charge is -2.42. The number of nitrogen functional groups attached to an aromatic ring is 1. The van der Waals surface area contributed by atoms with Crippen molar-refractivity contribution in [1.29, 1.82) is 0 Å². The summed E-state index contributed by atoms with van der Waals surface area (Å²) >= 11 is 0. The monoisotopic (exact) mass is 1800 g/mol. The number of aliphatic hydroxyl groups is 3. The van der Waals surface area contributed by atoms with Gasteiger partial charge in [0.15, 0.2) is 17.1 Å². The summed E-state index contributed by atoms with van der Waals surface area (Å²) in [6.07, 6.45) is 15.4. The number of aromatic nitrogens is 9. The number of imidazole rings is 1. The van der Waals surface area contributed by atoms with E-state index in [4.69, 9.17) is 63.9 Å². The van der Waals surface area contributed by atoms with Crippen molar-refractivity contribution < 1.29 is 101 Å². The zero-order valence-corrected chi connectivity index (χ0v) is 75.8. The number of hydrogen-bond donors (Lipinski definition) is 7. The number of anilines is 2. The third-order valence-electron chi connectivity index (χ3n) is 25.5. The second kappa shape index (κ2) is 47.7. The molecule has 4 fully saturated rings. The number of aromatic amines is 1. The highest BCUT2D eigenvalue weighted by Crippen LogP contribution is 2.39. The van der Waals surface area contributed by atoms with E-state index in [-0.39, 0.29) is 86.8 Å². The van der Waals surface area contributed by atoms with Crippen LogP contribution in [-0.2, 0) is 95.6 Å². The number of Topliss-reactive ketones (excluding diaryl/α,β-unsaturated/α-hetero) is 3. The Labute approximate surface area is 757 Å². The number of piperidine rings is 1. The molecule has 0 radical (unpaired) electrons. The van der Waals surface area contributed by atoms with Gasteiger partial charge in [-0.1, -0.05) is 82.4 Å². The number of H-pyrrole nitrogens is 1. The number of methoxy groups -OCH3 is 2. The average Bonchev–Trinajstić information content (AvgIpc) is 1.59. The van der Waals surface area contributed by atoms with E-state index < -0.39 is 120 Å². The summed E-state index contributed by atoms with van der Waals surface area (Å²) < 4.78 is 60.5. The van der Waals surface area contributed by atoms with E-state index in [2.05, 4.69) is 58.4 Å². The molecule has 6 aliphatic rings. The summed E-state index contributed by atoms with van der Waals surface area (Å²) in [5.74, 6) is -9.00. The van der Waals surface area contributed by atoms with Crippen molar-refractivity contribution in [3.05, 3.63) is 125 Å². The molecule has 37 nitrogen and oxygen atoms in total. The second-order valence-electron chi connectivity index (χ2n) is 34.9. The highest BCUT2D eigenvalue weighted by molar-refractivity contribution is 6.39. The van der Waals surface area contributed by atoms with Crippen LogP contribution in [-0.4, -0.2) is 309 Å². The summed E-state index contributed by atoms with van der Waals surface area (Å²) in [5.41, 5.74) is 21.4. The molecule has 10 heterocycles. The largest absolute Gasteiger partial charge is 0.459 e. The fraction of sp³-hybridized carbons (Fsp3) is 0.602. The molecule has 4 amide bonds. The van der Waals surface area contributed by atoms with Crippen molar-refractivity contribution in [3.8, 4) is 11.3 Å². The number of cyclic esters (lactones) is 1. The molecule has 9 N–H and O–H groups in total. The molecule has 3 saturated heterocycles. The molecule has 5 aromatic heterocycles. The molecule has 1 aromatic carbocycles. The van der Waals surface area contributed by atoms with E-state index in [0.29, 0.717) is 184 Å². The number of fused-ring (bicyclic) bond motifs is 6. The molecular weight excluding hydrogens is 1680 g/mol. The number of carbonyl (C=O) groups is 8.